The average molecular weight is 508 g/mol. The van der Waals surface area contributed by atoms with E-state index in [9.17, 15) is 18.0 Å². The molecule has 0 bridgehead atoms. The smallest absolute Gasteiger partial charge is 0.416 e. The number of benzene rings is 2. The van der Waals surface area contributed by atoms with Crippen molar-refractivity contribution >= 4 is 32.7 Å². The minimum absolute atomic E-state index is 0.126. The highest BCUT2D eigenvalue weighted by atomic mass is 32.1. The molecule has 0 aliphatic carbocycles. The number of ether oxygens (including phenoxy) is 2. The van der Waals surface area contributed by atoms with Gasteiger partial charge in [0.15, 0.2) is 11.7 Å². The zero-order valence-corrected chi connectivity index (χ0v) is 20.7. The number of thiazole rings is 1. The van der Waals surface area contributed by atoms with E-state index in [1.165, 1.54) is 23.5 Å². The van der Waals surface area contributed by atoms with Gasteiger partial charge in [0.05, 0.1) is 22.4 Å². The highest BCUT2D eigenvalue weighted by Gasteiger charge is 2.31. The lowest BCUT2D eigenvalue weighted by Gasteiger charge is -2.39. The van der Waals surface area contributed by atoms with Crippen molar-refractivity contribution < 1.29 is 27.4 Å². The molecule has 1 aromatic heterocycles. The van der Waals surface area contributed by atoms with Gasteiger partial charge in [-0.2, -0.15) is 13.2 Å². The van der Waals surface area contributed by atoms with Gasteiger partial charge in [0.25, 0.3) is 0 Å². The van der Waals surface area contributed by atoms with Crippen LogP contribution in [0.25, 0.3) is 10.2 Å². The topological polar surface area (TPSA) is 54.9 Å². The zero-order chi connectivity index (χ0) is 25.2. The average Bonchev–Trinajstić information content (AvgIpc) is 3.20. The minimum atomic E-state index is -4.36. The van der Waals surface area contributed by atoms with Crippen molar-refractivity contribution in [1.82, 2.24) is 9.88 Å². The first-order chi connectivity index (χ1) is 16.6. The molecule has 0 unspecified atom stereocenters. The predicted octanol–water partition coefficient (Wildman–Crippen LogP) is 5.28. The Morgan fingerprint density at radius 1 is 1.20 bits per heavy atom. The van der Waals surface area contributed by atoms with Crippen LogP contribution in [0.3, 0.4) is 0 Å². The second kappa shape index (κ2) is 10.4. The van der Waals surface area contributed by atoms with Gasteiger partial charge in [0.1, 0.15) is 5.75 Å². The summed E-state index contributed by atoms with van der Waals surface area (Å²) in [7, 11) is 0. The number of alkyl halides is 3. The molecule has 1 fully saturated rings. The molecule has 2 aromatic carbocycles. The van der Waals surface area contributed by atoms with Crippen LogP contribution in [0.4, 0.5) is 18.3 Å². The van der Waals surface area contributed by atoms with Gasteiger partial charge in [-0.25, -0.2) is 9.78 Å². The fourth-order valence-corrected chi connectivity index (χ4v) is 5.41. The van der Waals surface area contributed by atoms with Crippen LogP contribution in [0.5, 0.6) is 5.75 Å². The van der Waals surface area contributed by atoms with E-state index in [2.05, 4.69) is 27.8 Å². The Morgan fingerprint density at radius 2 is 2.00 bits per heavy atom. The highest BCUT2D eigenvalue weighted by Crippen LogP contribution is 2.36. The lowest BCUT2D eigenvalue weighted by Crippen LogP contribution is -2.51. The number of halogens is 3. The normalized spacial score (nSPS) is 17.1. The number of hydrogen-bond acceptors (Lipinski definition) is 7. The minimum Gasteiger partial charge on any atom is -0.482 e. The quantitative estimate of drug-likeness (QED) is 0.406. The third-order valence-electron chi connectivity index (χ3n) is 5.84. The van der Waals surface area contributed by atoms with E-state index in [0.29, 0.717) is 22.6 Å². The molecule has 0 amide bonds. The summed E-state index contributed by atoms with van der Waals surface area (Å²) in [6, 6.07) is 9.78. The first kappa shape index (κ1) is 25.2. The second-order valence-corrected chi connectivity index (χ2v) is 9.71. The fourth-order valence-electron chi connectivity index (χ4n) is 4.27. The Morgan fingerprint density at radius 3 is 2.71 bits per heavy atom. The molecule has 188 valence electrons. The first-order valence-electron chi connectivity index (χ1n) is 11.5. The van der Waals surface area contributed by atoms with E-state index < -0.39 is 17.7 Å². The molecule has 0 N–H and O–H groups in total. The highest BCUT2D eigenvalue weighted by molar-refractivity contribution is 7.22. The van der Waals surface area contributed by atoms with E-state index in [0.717, 1.165) is 48.5 Å². The molecular weight excluding hydrogens is 479 g/mol. The molecule has 3 aromatic rings. The van der Waals surface area contributed by atoms with Crippen molar-refractivity contribution in [1.29, 1.82) is 0 Å². The zero-order valence-electron chi connectivity index (χ0n) is 19.9. The van der Waals surface area contributed by atoms with Gasteiger partial charge in [-0.3, -0.25) is 4.90 Å². The van der Waals surface area contributed by atoms with Crippen LogP contribution >= 0.6 is 11.3 Å². The Bertz CT molecular complexity index is 1200. The molecule has 2 heterocycles. The van der Waals surface area contributed by atoms with Crippen LogP contribution in [-0.2, 0) is 22.3 Å². The van der Waals surface area contributed by atoms with E-state index in [1.807, 2.05) is 19.1 Å². The fraction of sp³-hybridized carbons (Fsp3) is 0.440. The molecule has 6 nitrogen and oxygen atoms in total. The number of piperazine rings is 1. The van der Waals surface area contributed by atoms with E-state index in [-0.39, 0.29) is 12.6 Å². The summed E-state index contributed by atoms with van der Waals surface area (Å²) in [5.41, 5.74) is 2.06. The molecular formula is C25H28F3N3O3S. The van der Waals surface area contributed by atoms with Gasteiger partial charge in [0.2, 0.25) is 0 Å². The summed E-state index contributed by atoms with van der Waals surface area (Å²) in [4.78, 5) is 20.7. The lowest BCUT2D eigenvalue weighted by atomic mass is 10.1. The van der Waals surface area contributed by atoms with Crippen LogP contribution in [0.2, 0.25) is 0 Å². The van der Waals surface area contributed by atoms with Crippen molar-refractivity contribution in [3.05, 3.63) is 53.1 Å². The molecule has 1 aliphatic heterocycles. The third-order valence-corrected chi connectivity index (χ3v) is 6.90. The van der Waals surface area contributed by atoms with Gasteiger partial charge in [-0.05, 0) is 62.2 Å². The van der Waals surface area contributed by atoms with Crippen molar-refractivity contribution in [2.75, 3.05) is 37.7 Å². The molecule has 10 heteroatoms. The maximum absolute atomic E-state index is 13.1. The van der Waals surface area contributed by atoms with E-state index in [1.54, 1.807) is 6.92 Å². The summed E-state index contributed by atoms with van der Waals surface area (Å²) in [5, 5.41) is 0.747. The maximum Gasteiger partial charge on any atom is 0.416 e. The second-order valence-electron chi connectivity index (χ2n) is 8.70. The van der Waals surface area contributed by atoms with Crippen LogP contribution in [0.15, 0.2) is 36.4 Å². The third kappa shape index (κ3) is 6.24. The van der Waals surface area contributed by atoms with Crippen molar-refractivity contribution in [2.45, 2.75) is 39.5 Å². The van der Waals surface area contributed by atoms with E-state index >= 15 is 0 Å². The Kier molecular flexibility index (Phi) is 7.51. The first-order valence-corrected chi connectivity index (χ1v) is 12.3. The van der Waals surface area contributed by atoms with Gasteiger partial charge in [-0.15, -0.1) is 0 Å². The number of aromatic nitrogens is 1. The number of esters is 1. The Balaban J connectivity index is 1.40. The Hall–Kier alpha value is -2.85. The van der Waals surface area contributed by atoms with Gasteiger partial charge < -0.3 is 14.4 Å². The molecule has 1 aliphatic rings. The van der Waals surface area contributed by atoms with E-state index in [4.69, 9.17) is 9.47 Å². The maximum atomic E-state index is 13.1. The molecule has 1 atom stereocenters. The van der Waals surface area contributed by atoms with Crippen molar-refractivity contribution in [3.8, 4) is 5.75 Å². The molecule has 35 heavy (non-hydrogen) atoms. The number of nitrogens with zero attached hydrogens (tertiary/aromatic N) is 3. The number of carbonyl (C=O) groups excluding carboxylic acids is 1. The number of carbonyl (C=O) groups is 1. The van der Waals surface area contributed by atoms with Crippen molar-refractivity contribution in [2.24, 2.45) is 0 Å². The van der Waals surface area contributed by atoms with Crippen LogP contribution in [-0.4, -0.2) is 54.7 Å². The SMILES string of the molecule is CCOC(=O)COc1cc(C)cc(CN2CCN(c3nc4ccc(C(F)(F)F)cc4s3)[C@@H](C)C2)c1. The van der Waals surface area contributed by atoms with Crippen LogP contribution in [0.1, 0.15) is 30.5 Å². The number of rotatable bonds is 7. The monoisotopic (exact) mass is 507 g/mol. The Labute approximate surface area is 206 Å². The van der Waals surface area contributed by atoms with Crippen molar-refractivity contribution in [3.63, 3.8) is 0 Å². The summed E-state index contributed by atoms with van der Waals surface area (Å²) >= 11 is 1.30. The number of aryl methyl sites for hydroxylation is 1. The molecule has 0 spiro atoms. The summed E-state index contributed by atoms with van der Waals surface area (Å²) < 4.78 is 50.2. The van der Waals surface area contributed by atoms with Gasteiger partial charge in [-0.1, -0.05) is 17.4 Å². The molecule has 4 rings (SSSR count). The van der Waals surface area contributed by atoms with Crippen LogP contribution < -0.4 is 9.64 Å². The standard InChI is InChI=1S/C25H28F3N3O3S/c1-4-33-23(32)15-34-20-10-16(2)9-18(11-20)14-30-7-8-31(17(3)13-30)24-29-21-6-5-19(25(26,27)28)12-22(21)35-24/h5-6,9-12,17H,4,7-8,13-15H2,1-3H3/t17-/m0/s1. The molecule has 0 radical (unpaired) electrons. The predicted molar refractivity (Wildman–Crippen MR) is 130 cm³/mol. The van der Waals surface area contributed by atoms with Gasteiger partial charge >= 0.3 is 12.1 Å². The summed E-state index contributed by atoms with van der Waals surface area (Å²) in [6.45, 7) is 9.06. The number of hydrogen-bond donors (Lipinski definition) is 0. The number of fused-ring (bicyclic) bond motifs is 1. The summed E-state index contributed by atoms with van der Waals surface area (Å²) in [5.74, 6) is 0.234. The lowest BCUT2D eigenvalue weighted by molar-refractivity contribution is -0.145. The van der Waals surface area contributed by atoms with Crippen LogP contribution in [0, 0.1) is 6.92 Å². The molecule has 1 saturated heterocycles. The molecule has 0 saturated carbocycles. The number of anilines is 1. The largest absolute Gasteiger partial charge is 0.482 e. The van der Waals surface area contributed by atoms with Gasteiger partial charge in [0, 0.05) is 32.2 Å². The summed E-state index contributed by atoms with van der Waals surface area (Å²) in [6.07, 6.45) is -4.36.